The van der Waals surface area contributed by atoms with Crippen molar-refractivity contribution in [2.45, 2.75) is 6.61 Å². The van der Waals surface area contributed by atoms with Crippen molar-refractivity contribution in [3.8, 4) is 17.2 Å². The zero-order valence-electron chi connectivity index (χ0n) is 29.1. The first-order valence-electron chi connectivity index (χ1n) is 16.6. The molecule has 2 fully saturated rings. The summed E-state index contributed by atoms with van der Waals surface area (Å²) in [4.78, 5) is 40.9. The van der Waals surface area contributed by atoms with Crippen molar-refractivity contribution >= 4 is 74.9 Å². The molecule has 53 heavy (non-hydrogen) atoms. The Bertz CT molecular complexity index is 2250. The van der Waals surface area contributed by atoms with E-state index in [1.165, 1.54) is 23.5 Å². The molecule has 5 aromatic rings. The molecule has 9 nitrogen and oxygen atoms in total. The van der Waals surface area contributed by atoms with E-state index in [1.54, 1.807) is 31.1 Å². The normalized spacial score (nSPS) is 17.4. The van der Waals surface area contributed by atoms with E-state index in [4.69, 9.17) is 19.2 Å². The van der Waals surface area contributed by atoms with E-state index >= 15 is 0 Å². The molecule has 0 unspecified atom stereocenters. The highest BCUT2D eigenvalue weighted by Crippen LogP contribution is 2.39. The zero-order valence-corrected chi connectivity index (χ0v) is 30.8. The van der Waals surface area contributed by atoms with Crippen molar-refractivity contribution in [3.05, 3.63) is 154 Å². The van der Waals surface area contributed by atoms with E-state index in [2.05, 4.69) is 4.99 Å². The highest BCUT2D eigenvalue weighted by atomic mass is 32.2. The van der Waals surface area contributed by atoms with Crippen LogP contribution in [0.1, 0.15) is 16.7 Å². The third kappa shape index (κ3) is 8.06. The summed E-state index contributed by atoms with van der Waals surface area (Å²) in [6.07, 6.45) is 3.73. The van der Waals surface area contributed by atoms with Gasteiger partial charge in [-0.2, -0.15) is 0 Å². The number of ether oxygens (including phenoxy) is 3. The minimum Gasteiger partial charge on any atom is -0.497 e. The average molecular weight is 739 g/mol. The van der Waals surface area contributed by atoms with Crippen molar-refractivity contribution in [1.82, 2.24) is 0 Å². The minimum absolute atomic E-state index is 0.141. The molecule has 2 saturated heterocycles. The van der Waals surface area contributed by atoms with Gasteiger partial charge in [-0.1, -0.05) is 54.6 Å². The van der Waals surface area contributed by atoms with E-state index in [1.807, 2.05) is 140 Å². The van der Waals surface area contributed by atoms with Crippen LogP contribution in [-0.2, 0) is 16.2 Å². The summed E-state index contributed by atoms with van der Waals surface area (Å²) in [6.45, 7) is 0.287. The molecule has 264 valence electrons. The quantitative estimate of drug-likeness (QED) is 0.132. The smallest absolute Gasteiger partial charge is 0.271 e. The lowest BCUT2D eigenvalue weighted by Gasteiger charge is -2.16. The Labute approximate surface area is 316 Å². The number of para-hydroxylation sites is 1. The van der Waals surface area contributed by atoms with Crippen LogP contribution in [0.5, 0.6) is 17.2 Å². The lowest BCUT2D eigenvalue weighted by Crippen LogP contribution is -2.28. The molecule has 0 aliphatic carbocycles. The van der Waals surface area contributed by atoms with Crippen LogP contribution in [0.4, 0.5) is 17.1 Å². The summed E-state index contributed by atoms with van der Waals surface area (Å²) in [5.41, 5.74) is 4.80. The predicted octanol–water partition coefficient (Wildman–Crippen LogP) is 9.20. The van der Waals surface area contributed by atoms with E-state index in [0.717, 1.165) is 33.9 Å². The fourth-order valence-electron chi connectivity index (χ4n) is 5.59. The largest absolute Gasteiger partial charge is 0.497 e. The number of benzene rings is 5. The molecule has 2 aliphatic rings. The fraction of sp³-hybridized carbons (Fsp3) is 0.0952. The molecule has 7 rings (SSSR count). The second-order valence-electron chi connectivity index (χ2n) is 11.7. The Kier molecular flexibility index (Phi) is 10.7. The highest BCUT2D eigenvalue weighted by Gasteiger charge is 2.35. The van der Waals surface area contributed by atoms with Crippen LogP contribution in [-0.4, -0.2) is 43.4 Å². The van der Waals surface area contributed by atoms with Gasteiger partial charge in [0.05, 0.1) is 41.1 Å². The summed E-state index contributed by atoms with van der Waals surface area (Å²) in [6, 6.07) is 39.7. The van der Waals surface area contributed by atoms with Gasteiger partial charge >= 0.3 is 0 Å². The maximum Gasteiger partial charge on any atom is 0.271 e. The number of hydrogen-bond donors (Lipinski definition) is 0. The SMILES string of the molecule is CN=C1S/C(=C\c2ccc(OC)cc2)C(=O)N1c1cccc(COc2ccc(N=C3S/C(=C\c4ccc(OC)cc4)C(=O)N3c3ccccc3)cc2)c1. The number of nitrogens with zero attached hydrogens (tertiary/aromatic N) is 4. The molecule has 11 heteroatoms. The standard InChI is InChI=1S/C42H34N4O5S2/c1-43-41-46(40(48)37(52-41)25-28-12-18-34(49-2)19-13-28)33-11-7-8-30(24-33)27-51-36-22-16-31(17-23-36)44-42-45(32-9-5-4-6-10-32)39(47)38(53-42)26-29-14-20-35(50-3)21-15-29/h4-26H,27H2,1-3H3/b37-25-,38-26-,43-41?,44-42?. The first kappa shape index (κ1) is 35.4. The van der Waals surface area contributed by atoms with Gasteiger partial charge in [0.25, 0.3) is 11.8 Å². The molecule has 0 aromatic heterocycles. The number of aliphatic imine (C=N–C) groups is 2. The van der Waals surface area contributed by atoms with E-state index in [0.29, 0.717) is 37.3 Å². The van der Waals surface area contributed by atoms with Crippen LogP contribution in [0.15, 0.2) is 147 Å². The third-order valence-corrected chi connectivity index (χ3v) is 10.3. The van der Waals surface area contributed by atoms with Gasteiger partial charge < -0.3 is 14.2 Å². The summed E-state index contributed by atoms with van der Waals surface area (Å²) >= 11 is 2.67. The van der Waals surface area contributed by atoms with Crippen LogP contribution in [0, 0.1) is 0 Å². The number of hydrogen-bond acceptors (Lipinski definition) is 9. The monoisotopic (exact) mass is 738 g/mol. The van der Waals surface area contributed by atoms with E-state index in [-0.39, 0.29) is 18.4 Å². The van der Waals surface area contributed by atoms with Gasteiger partial charge in [0.2, 0.25) is 0 Å². The van der Waals surface area contributed by atoms with Crippen LogP contribution < -0.4 is 24.0 Å². The molecule has 5 aromatic carbocycles. The predicted molar refractivity (Wildman–Crippen MR) is 216 cm³/mol. The number of carbonyl (C=O) groups is 2. The molecular formula is C42H34N4O5S2. The van der Waals surface area contributed by atoms with Gasteiger partial charge in [0.1, 0.15) is 23.9 Å². The first-order chi connectivity index (χ1) is 25.9. The Morgan fingerprint density at radius 2 is 1.13 bits per heavy atom. The molecule has 0 N–H and O–H groups in total. The Morgan fingerprint density at radius 1 is 0.604 bits per heavy atom. The number of amides is 2. The number of anilines is 2. The summed E-state index contributed by atoms with van der Waals surface area (Å²) in [5, 5.41) is 1.15. The maximum absolute atomic E-state index is 13.7. The molecule has 2 heterocycles. The molecule has 2 amide bonds. The Hall–Kier alpha value is -6.04. The lowest BCUT2D eigenvalue weighted by molar-refractivity contribution is -0.114. The van der Waals surface area contributed by atoms with Gasteiger partial charge in [0.15, 0.2) is 10.3 Å². The summed E-state index contributed by atoms with van der Waals surface area (Å²) in [5.74, 6) is 1.87. The third-order valence-electron chi connectivity index (χ3n) is 8.28. The van der Waals surface area contributed by atoms with Crippen LogP contribution in [0.3, 0.4) is 0 Å². The lowest BCUT2D eigenvalue weighted by atomic mass is 10.2. The molecule has 2 aliphatic heterocycles. The van der Waals surface area contributed by atoms with E-state index < -0.39 is 0 Å². The first-order valence-corrected chi connectivity index (χ1v) is 18.2. The van der Waals surface area contributed by atoms with Crippen LogP contribution in [0.2, 0.25) is 0 Å². The van der Waals surface area contributed by atoms with Crippen LogP contribution in [0.25, 0.3) is 12.2 Å². The Morgan fingerprint density at radius 3 is 1.70 bits per heavy atom. The number of carbonyl (C=O) groups excluding carboxylic acids is 2. The van der Waals surface area contributed by atoms with Crippen LogP contribution >= 0.6 is 23.5 Å². The van der Waals surface area contributed by atoms with Gasteiger partial charge in [-0.25, -0.2) is 4.99 Å². The van der Waals surface area contributed by atoms with Gasteiger partial charge in [-0.3, -0.25) is 24.4 Å². The van der Waals surface area contributed by atoms with Crippen molar-refractivity contribution in [2.24, 2.45) is 9.98 Å². The maximum atomic E-state index is 13.7. The van der Waals surface area contributed by atoms with Crippen molar-refractivity contribution in [1.29, 1.82) is 0 Å². The average Bonchev–Trinajstić information content (AvgIpc) is 3.68. The number of rotatable bonds is 10. The number of thioether (sulfide) groups is 2. The van der Waals surface area contributed by atoms with Crippen molar-refractivity contribution in [3.63, 3.8) is 0 Å². The van der Waals surface area contributed by atoms with Gasteiger partial charge in [0, 0.05) is 7.05 Å². The molecule has 0 spiro atoms. The number of methoxy groups -OCH3 is 2. The molecule has 0 bridgehead atoms. The topological polar surface area (TPSA) is 93.0 Å². The van der Waals surface area contributed by atoms with Crippen molar-refractivity contribution < 1.29 is 23.8 Å². The summed E-state index contributed by atoms with van der Waals surface area (Å²) in [7, 11) is 4.93. The summed E-state index contributed by atoms with van der Waals surface area (Å²) < 4.78 is 16.7. The highest BCUT2D eigenvalue weighted by molar-refractivity contribution is 8.19. The minimum atomic E-state index is -0.144. The number of amidine groups is 2. The van der Waals surface area contributed by atoms with E-state index in [9.17, 15) is 9.59 Å². The second kappa shape index (κ2) is 16.1. The zero-order chi connectivity index (χ0) is 36.7. The Balaban J connectivity index is 1.05. The second-order valence-corrected chi connectivity index (χ2v) is 13.8. The van der Waals surface area contributed by atoms with Gasteiger partial charge in [-0.15, -0.1) is 0 Å². The molecule has 0 atom stereocenters. The molecular weight excluding hydrogens is 705 g/mol. The fourth-order valence-corrected chi connectivity index (χ4v) is 7.53. The molecule has 0 saturated carbocycles. The molecule has 0 radical (unpaired) electrons. The van der Waals surface area contributed by atoms with Gasteiger partial charge in [-0.05, 0) is 125 Å². The van der Waals surface area contributed by atoms with Crippen molar-refractivity contribution in [2.75, 3.05) is 31.1 Å².